The molecule has 1 N–H and O–H groups in total. The molecule has 2 atom stereocenters. The molecule has 1 heterocycles. The molecule has 0 aliphatic carbocycles. The number of rotatable bonds is 6. The smallest absolute Gasteiger partial charge is 0.307 e. The van der Waals surface area contributed by atoms with Crippen molar-refractivity contribution >= 4 is 39.4 Å². The van der Waals surface area contributed by atoms with E-state index in [-0.39, 0.29) is 25.1 Å². The number of hydrogen-bond acceptors (Lipinski definition) is 4. The van der Waals surface area contributed by atoms with Crippen molar-refractivity contribution in [2.45, 2.75) is 18.9 Å². The van der Waals surface area contributed by atoms with Gasteiger partial charge < -0.3 is 15.0 Å². The van der Waals surface area contributed by atoms with Crippen molar-refractivity contribution in [1.29, 1.82) is 0 Å². The summed E-state index contributed by atoms with van der Waals surface area (Å²) in [6, 6.07) is 9.25. The molecule has 0 bridgehead atoms. The van der Waals surface area contributed by atoms with Crippen LogP contribution in [-0.4, -0.2) is 31.4 Å². The predicted molar refractivity (Wildman–Crippen MR) is 108 cm³/mol. The van der Waals surface area contributed by atoms with Gasteiger partial charge >= 0.3 is 5.97 Å². The van der Waals surface area contributed by atoms with Gasteiger partial charge in [0.05, 0.1) is 25.5 Å². The van der Waals surface area contributed by atoms with Crippen LogP contribution in [0.4, 0.5) is 14.5 Å². The standard InChI is InChI=1S/C21H19BrF2N2O4/c1-30-20(28)10-18(12-2-4-14(22)5-3-12)25-21(29)13-6-19(27)26(11-13)17-8-15(23)7-16(24)9-17/h2-5,7-9,13,18H,6,10-11H2,1H3,(H,25,29). The summed E-state index contributed by atoms with van der Waals surface area (Å²) < 4.78 is 32.6. The Hall–Kier alpha value is -2.81. The van der Waals surface area contributed by atoms with E-state index >= 15 is 0 Å². The lowest BCUT2D eigenvalue weighted by Crippen LogP contribution is -2.36. The molecule has 1 aliphatic heterocycles. The third-order valence-corrected chi connectivity index (χ3v) is 5.37. The molecule has 1 fully saturated rings. The molecule has 0 spiro atoms. The summed E-state index contributed by atoms with van der Waals surface area (Å²) in [5.41, 5.74) is 0.761. The highest BCUT2D eigenvalue weighted by molar-refractivity contribution is 9.10. The molecule has 3 rings (SSSR count). The van der Waals surface area contributed by atoms with Crippen molar-refractivity contribution in [2.24, 2.45) is 5.92 Å². The van der Waals surface area contributed by atoms with Crippen molar-refractivity contribution in [3.63, 3.8) is 0 Å². The van der Waals surface area contributed by atoms with Gasteiger partial charge in [-0.05, 0) is 29.8 Å². The zero-order valence-electron chi connectivity index (χ0n) is 16.0. The van der Waals surface area contributed by atoms with Gasteiger partial charge in [-0.15, -0.1) is 0 Å². The van der Waals surface area contributed by atoms with Crippen LogP contribution in [0.25, 0.3) is 0 Å². The maximum absolute atomic E-state index is 13.5. The highest BCUT2D eigenvalue weighted by atomic mass is 79.9. The lowest BCUT2D eigenvalue weighted by atomic mass is 10.0. The first kappa shape index (κ1) is 21.9. The Bertz CT molecular complexity index is 948. The van der Waals surface area contributed by atoms with Gasteiger partial charge in [-0.2, -0.15) is 0 Å². The lowest BCUT2D eigenvalue weighted by Gasteiger charge is -2.21. The van der Waals surface area contributed by atoms with Crippen LogP contribution in [0.2, 0.25) is 0 Å². The molecule has 2 amide bonds. The number of methoxy groups -OCH3 is 1. The van der Waals surface area contributed by atoms with E-state index in [4.69, 9.17) is 4.74 Å². The fourth-order valence-corrected chi connectivity index (χ4v) is 3.58. The summed E-state index contributed by atoms with van der Waals surface area (Å²) in [6.07, 6.45) is -0.182. The van der Waals surface area contributed by atoms with E-state index in [0.717, 1.165) is 16.6 Å². The van der Waals surface area contributed by atoms with Gasteiger partial charge in [0.2, 0.25) is 11.8 Å². The summed E-state index contributed by atoms with van der Waals surface area (Å²) in [6.45, 7) is -0.0150. The summed E-state index contributed by atoms with van der Waals surface area (Å²) in [7, 11) is 1.26. The Morgan fingerprint density at radius 2 is 1.83 bits per heavy atom. The number of carbonyl (C=O) groups excluding carboxylic acids is 3. The number of amides is 2. The summed E-state index contributed by atoms with van der Waals surface area (Å²) >= 11 is 3.33. The van der Waals surface area contributed by atoms with E-state index in [1.165, 1.54) is 12.0 Å². The summed E-state index contributed by atoms with van der Waals surface area (Å²) in [5.74, 6) is -3.67. The van der Waals surface area contributed by atoms with E-state index in [1.807, 2.05) is 0 Å². The fraction of sp³-hybridized carbons (Fsp3) is 0.286. The number of ether oxygens (including phenoxy) is 1. The molecule has 1 aliphatic rings. The first-order chi connectivity index (χ1) is 14.3. The molecule has 6 nitrogen and oxygen atoms in total. The molecule has 2 aromatic carbocycles. The minimum Gasteiger partial charge on any atom is -0.469 e. The zero-order chi connectivity index (χ0) is 21.8. The van der Waals surface area contributed by atoms with Gasteiger partial charge in [0.1, 0.15) is 11.6 Å². The van der Waals surface area contributed by atoms with Crippen LogP contribution in [0.15, 0.2) is 46.9 Å². The molecular formula is C21H19BrF2N2O4. The Morgan fingerprint density at radius 3 is 2.43 bits per heavy atom. The molecule has 2 aromatic rings. The van der Waals surface area contributed by atoms with Gasteiger partial charge in [-0.3, -0.25) is 14.4 Å². The molecular weight excluding hydrogens is 462 g/mol. The topological polar surface area (TPSA) is 75.7 Å². The molecule has 1 saturated heterocycles. The molecule has 158 valence electrons. The molecule has 2 unspecified atom stereocenters. The Labute approximate surface area is 180 Å². The van der Waals surface area contributed by atoms with Crippen LogP contribution in [0.1, 0.15) is 24.4 Å². The number of benzene rings is 2. The highest BCUT2D eigenvalue weighted by Gasteiger charge is 2.36. The number of hydrogen-bond donors (Lipinski definition) is 1. The van der Waals surface area contributed by atoms with Crippen LogP contribution in [-0.2, 0) is 19.1 Å². The van der Waals surface area contributed by atoms with Gasteiger partial charge in [-0.1, -0.05) is 28.1 Å². The molecule has 0 aromatic heterocycles. The number of carbonyl (C=O) groups is 3. The van der Waals surface area contributed by atoms with Crippen LogP contribution in [0.5, 0.6) is 0 Å². The summed E-state index contributed by atoms with van der Waals surface area (Å²) in [4.78, 5) is 38.2. The second-order valence-electron chi connectivity index (χ2n) is 6.93. The second kappa shape index (κ2) is 9.34. The van der Waals surface area contributed by atoms with Gasteiger partial charge in [0, 0.05) is 29.2 Å². The van der Waals surface area contributed by atoms with E-state index in [9.17, 15) is 23.2 Å². The monoisotopic (exact) mass is 480 g/mol. The largest absolute Gasteiger partial charge is 0.469 e. The Morgan fingerprint density at radius 1 is 1.20 bits per heavy atom. The van der Waals surface area contributed by atoms with Gasteiger partial charge in [0.15, 0.2) is 0 Å². The number of nitrogens with one attached hydrogen (secondary N) is 1. The van der Waals surface area contributed by atoms with E-state index in [2.05, 4.69) is 21.2 Å². The normalized spacial score (nSPS) is 17.0. The van der Waals surface area contributed by atoms with E-state index < -0.39 is 41.4 Å². The van der Waals surface area contributed by atoms with Crippen LogP contribution < -0.4 is 10.2 Å². The Balaban J connectivity index is 1.74. The maximum atomic E-state index is 13.5. The average Bonchev–Trinajstić information content (AvgIpc) is 3.09. The van der Waals surface area contributed by atoms with E-state index in [1.54, 1.807) is 24.3 Å². The second-order valence-corrected chi connectivity index (χ2v) is 7.84. The predicted octanol–water partition coefficient (Wildman–Crippen LogP) is 3.50. The van der Waals surface area contributed by atoms with Crippen molar-refractivity contribution in [3.8, 4) is 0 Å². The van der Waals surface area contributed by atoms with Crippen LogP contribution >= 0.6 is 15.9 Å². The van der Waals surface area contributed by atoms with E-state index in [0.29, 0.717) is 11.6 Å². The SMILES string of the molecule is COC(=O)CC(NC(=O)C1CC(=O)N(c2cc(F)cc(F)c2)C1)c1ccc(Br)cc1. The summed E-state index contributed by atoms with van der Waals surface area (Å²) in [5, 5.41) is 2.79. The number of anilines is 1. The fourth-order valence-electron chi connectivity index (χ4n) is 3.31. The first-order valence-corrected chi connectivity index (χ1v) is 9.95. The van der Waals surface area contributed by atoms with Crippen molar-refractivity contribution in [1.82, 2.24) is 5.32 Å². The molecule has 9 heteroatoms. The third-order valence-electron chi connectivity index (χ3n) is 4.84. The number of esters is 1. The number of nitrogens with zero attached hydrogens (tertiary/aromatic N) is 1. The molecule has 30 heavy (non-hydrogen) atoms. The van der Waals surface area contributed by atoms with Crippen molar-refractivity contribution in [2.75, 3.05) is 18.6 Å². The van der Waals surface area contributed by atoms with Crippen LogP contribution in [0, 0.1) is 17.6 Å². The van der Waals surface area contributed by atoms with Crippen molar-refractivity contribution < 1.29 is 27.9 Å². The molecule has 0 radical (unpaired) electrons. The van der Waals surface area contributed by atoms with Gasteiger partial charge in [-0.25, -0.2) is 8.78 Å². The third kappa shape index (κ3) is 5.21. The lowest BCUT2D eigenvalue weighted by molar-refractivity contribution is -0.141. The zero-order valence-corrected chi connectivity index (χ0v) is 17.6. The maximum Gasteiger partial charge on any atom is 0.307 e. The quantitative estimate of drug-likeness (QED) is 0.642. The van der Waals surface area contributed by atoms with Crippen LogP contribution in [0.3, 0.4) is 0 Å². The van der Waals surface area contributed by atoms with Gasteiger partial charge in [0.25, 0.3) is 0 Å². The molecule has 0 saturated carbocycles. The average molecular weight is 481 g/mol. The first-order valence-electron chi connectivity index (χ1n) is 9.16. The highest BCUT2D eigenvalue weighted by Crippen LogP contribution is 2.28. The number of halogens is 3. The Kier molecular flexibility index (Phi) is 6.81. The van der Waals surface area contributed by atoms with Crippen molar-refractivity contribution in [3.05, 3.63) is 64.1 Å². The minimum atomic E-state index is -0.806. The minimum absolute atomic E-state index is 0.0150.